The molecule has 7 nitrogen and oxygen atoms in total. The molecule has 3 aromatic carbocycles. The maximum absolute atomic E-state index is 14.2. The van der Waals surface area contributed by atoms with E-state index < -0.39 is 12.0 Å². The highest BCUT2D eigenvalue weighted by Gasteiger charge is 2.42. The van der Waals surface area contributed by atoms with Crippen LogP contribution in [0.4, 0.5) is 4.79 Å². The smallest absolute Gasteiger partial charge is 0.416 e. The zero-order valence-corrected chi connectivity index (χ0v) is 23.5. The number of carbonyl (C=O) groups is 2. The van der Waals surface area contributed by atoms with Crippen molar-refractivity contribution in [3.8, 4) is 0 Å². The minimum absolute atomic E-state index is 0.183. The number of aryl methyl sites for hydroxylation is 3. The van der Waals surface area contributed by atoms with Crippen LogP contribution in [0.15, 0.2) is 60.7 Å². The summed E-state index contributed by atoms with van der Waals surface area (Å²) in [7, 11) is 0. The number of rotatable bonds is 8. The number of carbonyl (C=O) groups excluding carboxylic acids is 2. The molecule has 1 fully saturated rings. The molecule has 5 rings (SSSR count). The molecule has 1 saturated heterocycles. The van der Waals surface area contributed by atoms with E-state index in [-0.39, 0.29) is 24.5 Å². The number of fused-ring (bicyclic) bond motifs is 1. The van der Waals surface area contributed by atoms with Crippen LogP contribution in [0.5, 0.6) is 0 Å². The third-order valence-electron chi connectivity index (χ3n) is 7.90. The number of ether oxygens (including phenoxy) is 1. The van der Waals surface area contributed by atoms with Crippen molar-refractivity contribution in [2.24, 2.45) is 5.92 Å². The highest BCUT2D eigenvalue weighted by Crippen LogP contribution is 2.39. The first-order valence-corrected chi connectivity index (χ1v) is 13.9. The lowest BCUT2D eigenvalue weighted by Gasteiger charge is -2.30. The van der Waals surface area contributed by atoms with Crippen molar-refractivity contribution in [3.63, 3.8) is 0 Å². The number of halogens is 1. The van der Waals surface area contributed by atoms with Crippen molar-refractivity contribution in [1.29, 1.82) is 0 Å². The van der Waals surface area contributed by atoms with Gasteiger partial charge in [-0.05, 0) is 66.6 Å². The number of amides is 2. The van der Waals surface area contributed by atoms with Crippen LogP contribution in [0.1, 0.15) is 53.1 Å². The van der Waals surface area contributed by atoms with Crippen molar-refractivity contribution >= 4 is 34.6 Å². The van der Waals surface area contributed by atoms with E-state index >= 15 is 0 Å². The third-order valence-corrected chi connectivity index (χ3v) is 8.18. The number of nitrogens with zero attached hydrogens (tertiary/aromatic N) is 4. The summed E-state index contributed by atoms with van der Waals surface area (Å²) in [6.45, 7) is 8.87. The molecule has 4 aromatic rings. The molecule has 8 heteroatoms. The van der Waals surface area contributed by atoms with Crippen LogP contribution in [0.3, 0.4) is 0 Å². The second kappa shape index (κ2) is 11.2. The molecule has 1 aliphatic rings. The molecule has 1 aromatic heterocycles. The van der Waals surface area contributed by atoms with Gasteiger partial charge in [-0.15, -0.1) is 16.7 Å². The lowest BCUT2D eigenvalue weighted by molar-refractivity contribution is -0.133. The third kappa shape index (κ3) is 5.03. The highest BCUT2D eigenvalue weighted by atomic mass is 35.5. The van der Waals surface area contributed by atoms with E-state index in [2.05, 4.69) is 28.5 Å². The maximum Gasteiger partial charge on any atom is 0.416 e. The average Bonchev–Trinajstić information content (AvgIpc) is 3.54. The first-order valence-electron chi connectivity index (χ1n) is 13.4. The van der Waals surface area contributed by atoms with E-state index in [1.165, 1.54) is 4.90 Å². The summed E-state index contributed by atoms with van der Waals surface area (Å²) in [5.74, 6) is -0.776. The highest BCUT2D eigenvalue weighted by molar-refractivity contribution is 6.17. The molecule has 1 aliphatic heterocycles. The molecule has 0 bridgehead atoms. The molecule has 0 spiro atoms. The minimum Gasteiger partial charge on any atom is -0.447 e. The van der Waals surface area contributed by atoms with E-state index in [1.807, 2.05) is 74.8 Å². The largest absolute Gasteiger partial charge is 0.447 e. The van der Waals surface area contributed by atoms with Gasteiger partial charge in [-0.2, -0.15) is 0 Å². The minimum atomic E-state index is -0.588. The molecule has 3 atom stereocenters. The Bertz CT molecular complexity index is 1520. The van der Waals surface area contributed by atoms with Gasteiger partial charge in [0, 0.05) is 24.3 Å². The second-order valence-corrected chi connectivity index (χ2v) is 10.5. The van der Waals surface area contributed by atoms with Gasteiger partial charge in [0.15, 0.2) is 0 Å². The molecular formula is C31H33ClN4O3. The van der Waals surface area contributed by atoms with Crippen LogP contribution in [-0.4, -0.2) is 44.5 Å². The van der Waals surface area contributed by atoms with Gasteiger partial charge < -0.3 is 4.74 Å². The number of benzene rings is 3. The number of hydrogen-bond donors (Lipinski definition) is 0. The normalized spacial score (nSPS) is 16.9. The Morgan fingerprint density at radius 3 is 2.62 bits per heavy atom. The fourth-order valence-corrected chi connectivity index (χ4v) is 5.94. The molecule has 0 radical (unpaired) electrons. The topological polar surface area (TPSA) is 77.3 Å². The maximum atomic E-state index is 14.2. The number of cyclic esters (lactones) is 1. The van der Waals surface area contributed by atoms with E-state index in [1.54, 1.807) is 0 Å². The Labute approximate surface area is 233 Å². The van der Waals surface area contributed by atoms with Gasteiger partial charge in [0.25, 0.3) is 0 Å². The van der Waals surface area contributed by atoms with E-state index in [4.69, 9.17) is 16.3 Å². The van der Waals surface area contributed by atoms with Crippen LogP contribution >= 0.6 is 11.6 Å². The van der Waals surface area contributed by atoms with Crippen LogP contribution in [0.2, 0.25) is 0 Å². The van der Waals surface area contributed by atoms with Gasteiger partial charge in [-0.25, -0.2) is 14.4 Å². The van der Waals surface area contributed by atoms with Gasteiger partial charge in [-0.3, -0.25) is 4.79 Å². The fraction of sp³-hybridized carbons (Fsp3) is 0.355. The van der Waals surface area contributed by atoms with Gasteiger partial charge in [-0.1, -0.05) is 66.7 Å². The summed E-state index contributed by atoms with van der Waals surface area (Å²) in [6.07, 6.45) is -0.0446. The fourth-order valence-electron chi connectivity index (χ4n) is 5.65. The van der Waals surface area contributed by atoms with E-state index in [9.17, 15) is 9.59 Å². The first-order chi connectivity index (χ1) is 18.8. The van der Waals surface area contributed by atoms with Crippen molar-refractivity contribution < 1.29 is 14.3 Å². The van der Waals surface area contributed by atoms with Crippen LogP contribution < -0.4 is 0 Å². The van der Waals surface area contributed by atoms with Crippen LogP contribution in [-0.2, 0) is 28.4 Å². The summed E-state index contributed by atoms with van der Waals surface area (Å²) < 4.78 is 7.25. The number of imide groups is 1. The van der Waals surface area contributed by atoms with Gasteiger partial charge >= 0.3 is 6.09 Å². The lowest BCUT2D eigenvalue weighted by Crippen LogP contribution is -2.44. The molecule has 202 valence electrons. The van der Waals surface area contributed by atoms with Crippen molar-refractivity contribution in [1.82, 2.24) is 19.9 Å². The molecule has 2 amide bonds. The molecule has 0 unspecified atom stereocenters. The monoisotopic (exact) mass is 544 g/mol. The molecular weight excluding hydrogens is 512 g/mol. The first kappa shape index (κ1) is 26.9. The van der Waals surface area contributed by atoms with Gasteiger partial charge in [0.1, 0.15) is 12.1 Å². The predicted molar refractivity (Wildman–Crippen MR) is 152 cm³/mol. The lowest BCUT2D eigenvalue weighted by atomic mass is 9.78. The van der Waals surface area contributed by atoms with Gasteiger partial charge in [0.05, 0.1) is 11.6 Å². The Balaban J connectivity index is 1.57. The summed E-state index contributed by atoms with van der Waals surface area (Å²) >= 11 is 6.29. The van der Waals surface area contributed by atoms with Crippen LogP contribution in [0.25, 0.3) is 11.0 Å². The van der Waals surface area contributed by atoms with Crippen molar-refractivity contribution in [2.75, 3.05) is 6.61 Å². The van der Waals surface area contributed by atoms with Crippen molar-refractivity contribution in [3.05, 3.63) is 94.0 Å². The van der Waals surface area contributed by atoms with Crippen LogP contribution in [0, 0.1) is 19.8 Å². The standard InChI is InChI=1S/C31H33ClN4O3/c1-5-35-27-14-13-26(20(3)29(27)33-34-35)28(23-12-11-19(2)24(16-23)17-32)21(4)30(37)36-25(18-39-31(36)38)15-22-9-7-6-8-10-22/h6-14,16,21,25,28H,5,15,17-18H2,1-4H3/t21-,25-,28+/m0/s1. The summed E-state index contributed by atoms with van der Waals surface area (Å²) in [5, 5.41) is 8.75. The average molecular weight is 545 g/mol. The van der Waals surface area contributed by atoms with Crippen molar-refractivity contribution in [2.45, 2.75) is 58.5 Å². The van der Waals surface area contributed by atoms with E-state index in [0.717, 1.165) is 44.4 Å². The predicted octanol–water partition coefficient (Wildman–Crippen LogP) is 6.16. The Hall–Kier alpha value is -3.71. The molecule has 0 aliphatic carbocycles. The number of alkyl halides is 1. The van der Waals surface area contributed by atoms with E-state index in [0.29, 0.717) is 18.8 Å². The summed E-state index contributed by atoms with van der Waals surface area (Å²) in [4.78, 5) is 28.4. The number of aromatic nitrogens is 3. The quantitative estimate of drug-likeness (QED) is 0.248. The Kier molecular flexibility index (Phi) is 7.71. The molecule has 39 heavy (non-hydrogen) atoms. The zero-order valence-electron chi connectivity index (χ0n) is 22.7. The summed E-state index contributed by atoms with van der Waals surface area (Å²) in [6, 6.07) is 19.7. The Morgan fingerprint density at radius 1 is 1.13 bits per heavy atom. The Morgan fingerprint density at radius 2 is 1.90 bits per heavy atom. The second-order valence-electron chi connectivity index (χ2n) is 10.3. The molecule has 0 saturated carbocycles. The van der Waals surface area contributed by atoms with Gasteiger partial charge in [0.2, 0.25) is 5.91 Å². The number of hydrogen-bond acceptors (Lipinski definition) is 5. The zero-order chi connectivity index (χ0) is 27.7. The summed E-state index contributed by atoms with van der Waals surface area (Å²) in [5.41, 5.74) is 7.83. The molecule has 0 N–H and O–H groups in total. The molecule has 2 heterocycles. The SMILES string of the molecule is CCn1nnc2c(C)c([C@@H](c3ccc(C)c(CCl)c3)[C@H](C)C(=O)N3C(=O)OC[C@@H]3Cc3ccccc3)ccc21.